The third-order valence-corrected chi connectivity index (χ3v) is 5.39. The number of azo groups is 1. The lowest BCUT2D eigenvalue weighted by atomic mass is 10.2. The van der Waals surface area contributed by atoms with Crippen molar-refractivity contribution in [1.82, 2.24) is 4.73 Å². The highest BCUT2D eigenvalue weighted by Crippen LogP contribution is 2.39. The van der Waals surface area contributed by atoms with Gasteiger partial charge in [-0.25, -0.2) is 4.79 Å². The van der Waals surface area contributed by atoms with Crippen LogP contribution in [0.5, 0.6) is 5.88 Å². The molecule has 0 fully saturated rings. The van der Waals surface area contributed by atoms with E-state index in [9.17, 15) is 19.5 Å². The summed E-state index contributed by atoms with van der Waals surface area (Å²) in [6.45, 7) is 3.28. The molecule has 1 aromatic heterocycles. The lowest BCUT2D eigenvalue weighted by molar-refractivity contribution is -0.141. The first kappa shape index (κ1) is 24.4. The summed E-state index contributed by atoms with van der Waals surface area (Å²) in [6, 6.07) is 11.5. The molecule has 0 unspecified atom stereocenters. The van der Waals surface area contributed by atoms with E-state index in [1.165, 1.54) is 19.1 Å². The number of hydrogen-bond donors (Lipinski definition) is 2. The Kier molecular flexibility index (Phi) is 8.15. The van der Waals surface area contributed by atoms with E-state index < -0.39 is 17.8 Å². The van der Waals surface area contributed by atoms with E-state index in [-0.39, 0.29) is 17.2 Å². The Morgan fingerprint density at radius 3 is 2.52 bits per heavy atom. The van der Waals surface area contributed by atoms with Crippen molar-refractivity contribution in [1.29, 1.82) is 0 Å². The van der Waals surface area contributed by atoms with Gasteiger partial charge in [0.25, 0.3) is 11.8 Å². The minimum absolute atomic E-state index is 0.00841. The van der Waals surface area contributed by atoms with Crippen LogP contribution in [0.3, 0.4) is 0 Å². The monoisotopic (exact) mass is 562 g/mol. The van der Waals surface area contributed by atoms with Gasteiger partial charge in [-0.2, -0.15) is 0 Å². The number of fused-ring (bicyclic) bond motifs is 1. The predicted octanol–water partition coefficient (Wildman–Crippen LogP) is 5.37. The van der Waals surface area contributed by atoms with Crippen molar-refractivity contribution >= 4 is 62.7 Å². The van der Waals surface area contributed by atoms with Crippen LogP contribution in [0.1, 0.15) is 49.9 Å². The van der Waals surface area contributed by atoms with Gasteiger partial charge in [-0.1, -0.05) is 19.8 Å². The van der Waals surface area contributed by atoms with Gasteiger partial charge in [0.2, 0.25) is 5.91 Å². The van der Waals surface area contributed by atoms with Crippen LogP contribution in [0, 0.1) is 3.57 Å². The van der Waals surface area contributed by atoms with E-state index in [4.69, 9.17) is 4.84 Å². The Hall–Kier alpha value is -3.28. The predicted molar refractivity (Wildman–Crippen MR) is 132 cm³/mol. The Labute approximate surface area is 203 Å². The first-order valence-corrected chi connectivity index (χ1v) is 11.5. The average Bonchev–Trinajstić information content (AvgIpc) is 3.02. The number of nitrogens with zero attached hydrogens (tertiary/aromatic N) is 3. The first-order chi connectivity index (χ1) is 15.8. The molecule has 0 aliphatic rings. The van der Waals surface area contributed by atoms with Crippen molar-refractivity contribution < 1.29 is 24.3 Å². The van der Waals surface area contributed by atoms with Gasteiger partial charge < -0.3 is 15.3 Å². The number of halogens is 1. The van der Waals surface area contributed by atoms with Crippen molar-refractivity contribution in [2.24, 2.45) is 10.2 Å². The van der Waals surface area contributed by atoms with Crippen molar-refractivity contribution in [3.63, 3.8) is 0 Å². The van der Waals surface area contributed by atoms with E-state index in [0.29, 0.717) is 23.0 Å². The van der Waals surface area contributed by atoms with Gasteiger partial charge in [-0.3, -0.25) is 9.59 Å². The van der Waals surface area contributed by atoms with Gasteiger partial charge in [-0.05, 0) is 71.5 Å². The Morgan fingerprint density at radius 2 is 1.85 bits per heavy atom. The summed E-state index contributed by atoms with van der Waals surface area (Å²) in [5.41, 5.74) is 1.26. The molecule has 1 heterocycles. The van der Waals surface area contributed by atoms with Gasteiger partial charge in [0.15, 0.2) is 5.69 Å². The van der Waals surface area contributed by atoms with E-state index in [1.54, 1.807) is 30.3 Å². The molecule has 172 valence electrons. The molecule has 3 rings (SSSR count). The zero-order valence-corrected chi connectivity index (χ0v) is 20.3. The molecule has 0 spiro atoms. The fourth-order valence-corrected chi connectivity index (χ4v) is 3.62. The molecule has 0 aliphatic carbocycles. The largest absolute Gasteiger partial charge is 0.491 e. The molecular formula is C23H23IN4O5. The van der Waals surface area contributed by atoms with Crippen LogP contribution in [0.2, 0.25) is 0 Å². The molecule has 0 radical (unpaired) electrons. The van der Waals surface area contributed by atoms with Gasteiger partial charge in [0.1, 0.15) is 0 Å². The maximum absolute atomic E-state index is 12.5. The van der Waals surface area contributed by atoms with Crippen LogP contribution < -0.4 is 10.2 Å². The summed E-state index contributed by atoms with van der Waals surface area (Å²) in [4.78, 5) is 40.9. The third-order valence-electron chi connectivity index (χ3n) is 4.72. The topological polar surface area (TPSA) is 122 Å². The summed E-state index contributed by atoms with van der Waals surface area (Å²) in [5.74, 6) is -1.77. The minimum atomic E-state index is -0.630. The van der Waals surface area contributed by atoms with Crippen LogP contribution in [0.15, 0.2) is 52.7 Å². The standard InChI is InChI=1S/C23H23IN4O5/c1-3-4-5-6-20(30)25-17-10-7-15(8-11-17)22(31)27-26-21-18-13-16(24)9-12-19(18)28(23(21)32)33-14(2)29/h7-13,32H,3-6H2,1-2H3,(H,25,30). The quantitative estimate of drug-likeness (QED) is 0.217. The van der Waals surface area contributed by atoms with Crippen LogP contribution in [-0.2, 0) is 9.59 Å². The number of benzene rings is 2. The molecule has 0 bridgehead atoms. The third kappa shape index (κ3) is 6.15. The molecule has 2 aromatic carbocycles. The number of aromatic hydroxyl groups is 1. The first-order valence-electron chi connectivity index (χ1n) is 10.4. The molecule has 0 saturated carbocycles. The van der Waals surface area contributed by atoms with Crippen molar-refractivity contribution in [3.05, 3.63) is 51.6 Å². The Morgan fingerprint density at radius 1 is 1.12 bits per heavy atom. The summed E-state index contributed by atoms with van der Waals surface area (Å²) >= 11 is 2.09. The highest BCUT2D eigenvalue weighted by atomic mass is 127. The summed E-state index contributed by atoms with van der Waals surface area (Å²) < 4.78 is 1.81. The van der Waals surface area contributed by atoms with Crippen molar-refractivity contribution in [2.75, 3.05) is 5.32 Å². The lowest BCUT2D eigenvalue weighted by Crippen LogP contribution is -2.15. The number of anilines is 1. The maximum Gasteiger partial charge on any atom is 0.330 e. The van der Waals surface area contributed by atoms with E-state index in [1.807, 2.05) is 0 Å². The second kappa shape index (κ2) is 11.0. The van der Waals surface area contributed by atoms with Crippen molar-refractivity contribution in [2.45, 2.75) is 39.5 Å². The second-order valence-electron chi connectivity index (χ2n) is 7.30. The molecule has 10 heteroatoms. The number of carbonyl (C=O) groups is 3. The highest BCUT2D eigenvalue weighted by molar-refractivity contribution is 14.1. The Bertz CT molecular complexity index is 1220. The fourth-order valence-electron chi connectivity index (χ4n) is 3.13. The molecule has 0 saturated heterocycles. The van der Waals surface area contributed by atoms with Crippen LogP contribution >= 0.6 is 22.6 Å². The summed E-state index contributed by atoms with van der Waals surface area (Å²) in [6.07, 6.45) is 3.32. The zero-order chi connectivity index (χ0) is 24.0. The molecule has 0 aliphatic heterocycles. The van der Waals surface area contributed by atoms with Crippen LogP contribution in [0.25, 0.3) is 10.9 Å². The molecule has 3 aromatic rings. The number of carbonyl (C=O) groups excluding carboxylic acids is 3. The summed E-state index contributed by atoms with van der Waals surface area (Å²) in [5, 5.41) is 21.4. The van der Waals surface area contributed by atoms with Crippen LogP contribution in [-0.4, -0.2) is 27.6 Å². The van der Waals surface area contributed by atoms with Gasteiger partial charge in [0, 0.05) is 33.6 Å². The Balaban J connectivity index is 1.78. The summed E-state index contributed by atoms with van der Waals surface area (Å²) in [7, 11) is 0. The molecule has 0 atom stereocenters. The van der Waals surface area contributed by atoms with Gasteiger partial charge in [-0.15, -0.1) is 15.0 Å². The number of aromatic nitrogens is 1. The average molecular weight is 562 g/mol. The molecule has 33 heavy (non-hydrogen) atoms. The number of amides is 2. The van der Waals surface area contributed by atoms with Crippen molar-refractivity contribution in [3.8, 4) is 5.88 Å². The smallest absolute Gasteiger partial charge is 0.330 e. The normalized spacial score (nSPS) is 11.1. The lowest BCUT2D eigenvalue weighted by Gasteiger charge is -2.05. The molecule has 2 N–H and O–H groups in total. The highest BCUT2D eigenvalue weighted by Gasteiger charge is 2.20. The van der Waals surface area contributed by atoms with E-state index in [2.05, 4.69) is 45.1 Å². The van der Waals surface area contributed by atoms with Crippen LogP contribution in [0.4, 0.5) is 11.4 Å². The van der Waals surface area contributed by atoms with E-state index >= 15 is 0 Å². The minimum Gasteiger partial charge on any atom is -0.491 e. The van der Waals surface area contributed by atoms with E-state index in [0.717, 1.165) is 27.6 Å². The molecule has 2 amide bonds. The number of nitrogens with one attached hydrogen (secondary N) is 1. The SMILES string of the molecule is CCCCCC(=O)Nc1ccc(C(=O)N=Nc2c(O)n(OC(C)=O)c3ccc(I)cc23)cc1. The molecular weight excluding hydrogens is 539 g/mol. The number of unbranched alkanes of at least 4 members (excludes halogenated alkanes) is 2. The zero-order valence-electron chi connectivity index (χ0n) is 18.2. The number of hydrogen-bond acceptors (Lipinski definition) is 6. The molecule has 9 nitrogen and oxygen atoms in total. The van der Waals surface area contributed by atoms with Gasteiger partial charge in [0.05, 0.1) is 5.52 Å². The second-order valence-corrected chi connectivity index (χ2v) is 8.54. The maximum atomic E-state index is 12.5. The fraction of sp³-hybridized carbons (Fsp3) is 0.261. The van der Waals surface area contributed by atoms with Gasteiger partial charge >= 0.3 is 5.97 Å². The number of rotatable bonds is 8.